The maximum absolute atomic E-state index is 3.83. The van der Waals surface area contributed by atoms with E-state index in [9.17, 15) is 0 Å². The Balaban J connectivity index is 1.47. The fourth-order valence-corrected chi connectivity index (χ4v) is 5.15. The molecule has 2 rings (SSSR count). The molecule has 2 unspecified atom stereocenters. The molecule has 2 saturated carbocycles. The van der Waals surface area contributed by atoms with E-state index in [1.165, 1.54) is 83.7 Å². The molecule has 0 saturated heterocycles. The first-order valence-electron chi connectivity index (χ1n) is 11.6. The van der Waals surface area contributed by atoms with Crippen LogP contribution >= 0.6 is 0 Å². The van der Waals surface area contributed by atoms with Gasteiger partial charge in [0, 0.05) is 12.1 Å². The molecule has 0 spiro atoms. The first-order valence-corrected chi connectivity index (χ1v) is 11.6. The second-order valence-corrected chi connectivity index (χ2v) is 9.26. The van der Waals surface area contributed by atoms with Crippen molar-refractivity contribution in [3.63, 3.8) is 0 Å². The van der Waals surface area contributed by atoms with Crippen molar-refractivity contribution >= 4 is 0 Å². The Labute approximate surface area is 158 Å². The average molecular weight is 351 g/mol. The predicted octanol–water partition coefficient (Wildman–Crippen LogP) is 5.77. The standard InChI is InChI=1S/C23H46N2/c1-5-18(3)20-8-12-22(13-9-20)24-16-7-17-25-23-14-10-21(11-15-23)19(4)6-2/h18-25H,5-17H2,1-4H3. The van der Waals surface area contributed by atoms with E-state index in [2.05, 4.69) is 38.3 Å². The molecule has 2 atom stereocenters. The average Bonchev–Trinajstić information content (AvgIpc) is 2.67. The number of hydrogen-bond donors (Lipinski definition) is 2. The van der Waals surface area contributed by atoms with E-state index in [1.807, 2.05) is 0 Å². The van der Waals surface area contributed by atoms with Gasteiger partial charge < -0.3 is 10.6 Å². The lowest BCUT2D eigenvalue weighted by atomic mass is 9.78. The van der Waals surface area contributed by atoms with Crippen molar-refractivity contribution in [1.29, 1.82) is 0 Å². The second kappa shape index (κ2) is 11.6. The summed E-state index contributed by atoms with van der Waals surface area (Å²) in [4.78, 5) is 0. The Kier molecular flexibility index (Phi) is 9.84. The van der Waals surface area contributed by atoms with Gasteiger partial charge in [0.1, 0.15) is 0 Å². The summed E-state index contributed by atoms with van der Waals surface area (Å²) in [5, 5.41) is 7.65. The van der Waals surface area contributed by atoms with E-state index in [0.717, 1.165) is 35.8 Å². The van der Waals surface area contributed by atoms with Crippen LogP contribution in [-0.4, -0.2) is 25.2 Å². The summed E-state index contributed by atoms with van der Waals surface area (Å²) in [5.74, 6) is 3.85. The van der Waals surface area contributed by atoms with Crippen LogP contribution in [0.3, 0.4) is 0 Å². The van der Waals surface area contributed by atoms with Crippen molar-refractivity contribution in [2.24, 2.45) is 23.7 Å². The van der Waals surface area contributed by atoms with Gasteiger partial charge in [-0.2, -0.15) is 0 Å². The molecule has 2 aliphatic rings. The summed E-state index contributed by atoms with van der Waals surface area (Å²) in [6, 6.07) is 1.59. The first kappa shape index (κ1) is 21.2. The monoisotopic (exact) mass is 350 g/mol. The normalized spacial score (nSPS) is 33.1. The smallest absolute Gasteiger partial charge is 0.00672 e. The van der Waals surface area contributed by atoms with Gasteiger partial charge >= 0.3 is 0 Å². The van der Waals surface area contributed by atoms with Gasteiger partial charge in [0.25, 0.3) is 0 Å². The van der Waals surface area contributed by atoms with Crippen LogP contribution in [-0.2, 0) is 0 Å². The van der Waals surface area contributed by atoms with Crippen molar-refractivity contribution in [3.05, 3.63) is 0 Å². The largest absolute Gasteiger partial charge is 0.314 e. The number of rotatable bonds is 10. The summed E-state index contributed by atoms with van der Waals surface area (Å²) >= 11 is 0. The molecule has 148 valence electrons. The molecule has 2 fully saturated rings. The van der Waals surface area contributed by atoms with Crippen LogP contribution in [0.1, 0.15) is 98.3 Å². The molecule has 0 aromatic rings. The molecule has 25 heavy (non-hydrogen) atoms. The Bertz CT molecular complexity index is 295. The topological polar surface area (TPSA) is 24.1 Å². The number of hydrogen-bond acceptors (Lipinski definition) is 2. The van der Waals surface area contributed by atoms with Gasteiger partial charge in [-0.15, -0.1) is 0 Å². The Morgan fingerprint density at radius 1 is 0.640 bits per heavy atom. The zero-order chi connectivity index (χ0) is 18.1. The zero-order valence-corrected chi connectivity index (χ0v) is 17.7. The molecule has 2 nitrogen and oxygen atoms in total. The molecule has 0 aromatic heterocycles. The molecular weight excluding hydrogens is 304 g/mol. The van der Waals surface area contributed by atoms with Crippen molar-refractivity contribution in [2.45, 2.75) is 110 Å². The summed E-state index contributed by atoms with van der Waals surface area (Å²) in [6.07, 6.45) is 15.4. The van der Waals surface area contributed by atoms with Crippen LogP contribution in [0.15, 0.2) is 0 Å². The lowest BCUT2D eigenvalue weighted by molar-refractivity contribution is 0.219. The SMILES string of the molecule is CCC(C)C1CCC(NCCCNC2CCC(C(C)CC)CC2)CC1. The minimum Gasteiger partial charge on any atom is -0.314 e. The van der Waals surface area contributed by atoms with E-state index >= 15 is 0 Å². The van der Waals surface area contributed by atoms with Crippen LogP contribution in [0.4, 0.5) is 0 Å². The Morgan fingerprint density at radius 3 is 1.32 bits per heavy atom. The summed E-state index contributed by atoms with van der Waals surface area (Å²) in [6.45, 7) is 12.0. The molecule has 0 aliphatic heterocycles. The maximum atomic E-state index is 3.83. The van der Waals surface area contributed by atoms with E-state index in [4.69, 9.17) is 0 Å². The molecule has 0 bridgehead atoms. The molecule has 0 aromatic carbocycles. The fourth-order valence-electron chi connectivity index (χ4n) is 5.15. The second-order valence-electron chi connectivity index (χ2n) is 9.26. The van der Waals surface area contributed by atoms with E-state index in [0.29, 0.717) is 0 Å². The van der Waals surface area contributed by atoms with Crippen LogP contribution in [0.2, 0.25) is 0 Å². The summed E-state index contributed by atoms with van der Waals surface area (Å²) < 4.78 is 0. The number of nitrogens with one attached hydrogen (secondary N) is 2. The summed E-state index contributed by atoms with van der Waals surface area (Å²) in [5.41, 5.74) is 0. The van der Waals surface area contributed by atoms with Crippen LogP contribution < -0.4 is 10.6 Å². The van der Waals surface area contributed by atoms with Crippen molar-refractivity contribution in [2.75, 3.05) is 13.1 Å². The fraction of sp³-hybridized carbons (Fsp3) is 1.00. The van der Waals surface area contributed by atoms with Gasteiger partial charge in [0.2, 0.25) is 0 Å². The molecule has 0 radical (unpaired) electrons. The molecule has 2 aliphatic carbocycles. The summed E-state index contributed by atoms with van der Waals surface area (Å²) in [7, 11) is 0. The Hall–Kier alpha value is -0.0800. The highest BCUT2D eigenvalue weighted by Gasteiger charge is 2.25. The highest BCUT2D eigenvalue weighted by molar-refractivity contribution is 4.81. The highest BCUT2D eigenvalue weighted by Crippen LogP contribution is 2.32. The third-order valence-electron chi connectivity index (χ3n) is 7.66. The third-order valence-corrected chi connectivity index (χ3v) is 7.66. The van der Waals surface area contributed by atoms with Gasteiger partial charge in [-0.05, 0) is 94.5 Å². The van der Waals surface area contributed by atoms with Gasteiger partial charge in [-0.3, -0.25) is 0 Å². The first-order chi connectivity index (χ1) is 12.1. The van der Waals surface area contributed by atoms with Gasteiger partial charge in [0.05, 0.1) is 0 Å². The quantitative estimate of drug-likeness (QED) is 0.489. The van der Waals surface area contributed by atoms with E-state index < -0.39 is 0 Å². The minimum absolute atomic E-state index is 0.797. The van der Waals surface area contributed by atoms with Crippen molar-refractivity contribution in [1.82, 2.24) is 10.6 Å². The molecule has 2 heteroatoms. The molecule has 0 heterocycles. The van der Waals surface area contributed by atoms with Gasteiger partial charge in [-0.1, -0.05) is 40.5 Å². The van der Waals surface area contributed by atoms with Crippen molar-refractivity contribution in [3.8, 4) is 0 Å². The van der Waals surface area contributed by atoms with Gasteiger partial charge in [0.15, 0.2) is 0 Å². The van der Waals surface area contributed by atoms with Gasteiger partial charge in [-0.25, -0.2) is 0 Å². The molecule has 2 N–H and O–H groups in total. The van der Waals surface area contributed by atoms with E-state index in [-0.39, 0.29) is 0 Å². The lowest BCUT2D eigenvalue weighted by Gasteiger charge is -2.33. The van der Waals surface area contributed by atoms with E-state index in [1.54, 1.807) is 0 Å². The predicted molar refractivity (Wildman–Crippen MR) is 111 cm³/mol. The Morgan fingerprint density at radius 2 is 1.00 bits per heavy atom. The molecular formula is C23H46N2. The van der Waals surface area contributed by atoms with Crippen LogP contribution in [0, 0.1) is 23.7 Å². The highest BCUT2D eigenvalue weighted by atomic mass is 14.9. The zero-order valence-electron chi connectivity index (χ0n) is 17.7. The minimum atomic E-state index is 0.797. The van der Waals surface area contributed by atoms with Crippen LogP contribution in [0.5, 0.6) is 0 Å². The van der Waals surface area contributed by atoms with Crippen molar-refractivity contribution < 1.29 is 0 Å². The molecule has 0 amide bonds. The lowest BCUT2D eigenvalue weighted by Crippen LogP contribution is -2.38. The maximum Gasteiger partial charge on any atom is 0.00672 e. The van der Waals surface area contributed by atoms with Crippen LogP contribution in [0.25, 0.3) is 0 Å². The third kappa shape index (κ3) is 7.21.